The van der Waals surface area contributed by atoms with Crippen LogP contribution in [0.4, 0.5) is 5.69 Å². The summed E-state index contributed by atoms with van der Waals surface area (Å²) in [6.07, 6.45) is 0. The molecule has 0 radical (unpaired) electrons. The molecule has 0 aliphatic carbocycles. The molecule has 0 amide bonds. The highest BCUT2D eigenvalue weighted by Crippen LogP contribution is 2.20. The number of rotatable bonds is 3. The van der Waals surface area contributed by atoms with Crippen LogP contribution in [0, 0.1) is 0 Å². The number of hydrogen-bond acceptors (Lipinski definition) is 3. The molecule has 3 heteroatoms. The van der Waals surface area contributed by atoms with Gasteiger partial charge in [0.2, 0.25) is 0 Å². The molecule has 0 saturated carbocycles. The topological polar surface area (TPSA) is 15.7 Å². The Morgan fingerprint density at radius 2 is 1.40 bits per heavy atom. The van der Waals surface area contributed by atoms with Crippen LogP contribution in [0.1, 0.15) is 34.6 Å². The summed E-state index contributed by atoms with van der Waals surface area (Å²) in [6, 6.07) is 8.40. The van der Waals surface area contributed by atoms with Crippen molar-refractivity contribution < 1.29 is 4.74 Å². The highest BCUT2D eigenvalue weighted by atomic mass is 16.5. The molecular formula is C17H32N2O. The Kier molecular flexibility index (Phi) is 10.9. The summed E-state index contributed by atoms with van der Waals surface area (Å²) in [5.74, 6) is 0.959. The van der Waals surface area contributed by atoms with Crippen LogP contribution in [0.3, 0.4) is 0 Å². The van der Waals surface area contributed by atoms with Crippen molar-refractivity contribution in [1.29, 1.82) is 0 Å². The summed E-state index contributed by atoms with van der Waals surface area (Å²) in [5.41, 5.74) is 1.30. The average molecular weight is 280 g/mol. The van der Waals surface area contributed by atoms with Gasteiger partial charge < -0.3 is 14.5 Å². The van der Waals surface area contributed by atoms with Gasteiger partial charge in [-0.15, -0.1) is 0 Å². The number of likely N-dealkylation sites (N-methyl/N-ethyl adjacent to an activating group) is 1. The third kappa shape index (κ3) is 6.29. The van der Waals surface area contributed by atoms with E-state index in [-0.39, 0.29) is 0 Å². The minimum Gasteiger partial charge on any atom is -0.494 e. The van der Waals surface area contributed by atoms with Crippen molar-refractivity contribution in [2.45, 2.75) is 34.6 Å². The van der Waals surface area contributed by atoms with Crippen molar-refractivity contribution in [3.05, 3.63) is 24.3 Å². The average Bonchev–Trinajstić information content (AvgIpc) is 2.53. The van der Waals surface area contributed by atoms with Gasteiger partial charge in [0.15, 0.2) is 0 Å². The molecule has 116 valence electrons. The summed E-state index contributed by atoms with van der Waals surface area (Å²) in [5, 5.41) is 0. The number of hydrogen-bond donors (Lipinski definition) is 0. The van der Waals surface area contributed by atoms with Gasteiger partial charge in [-0.1, -0.05) is 27.7 Å². The van der Waals surface area contributed by atoms with Crippen molar-refractivity contribution in [3.63, 3.8) is 0 Å². The third-order valence-electron chi connectivity index (χ3n) is 3.02. The first-order valence-corrected chi connectivity index (χ1v) is 7.96. The Balaban J connectivity index is 0.000000829. The zero-order chi connectivity index (χ0) is 15.4. The van der Waals surface area contributed by atoms with Crippen molar-refractivity contribution in [2.75, 3.05) is 44.7 Å². The second-order valence-electron chi connectivity index (χ2n) is 4.22. The summed E-state index contributed by atoms with van der Waals surface area (Å²) >= 11 is 0. The molecule has 0 unspecified atom stereocenters. The van der Waals surface area contributed by atoms with Crippen molar-refractivity contribution in [1.82, 2.24) is 4.90 Å². The molecule has 2 rings (SSSR count). The van der Waals surface area contributed by atoms with E-state index in [9.17, 15) is 0 Å². The molecule has 1 fully saturated rings. The monoisotopic (exact) mass is 280 g/mol. The van der Waals surface area contributed by atoms with E-state index in [0.717, 1.165) is 38.5 Å². The van der Waals surface area contributed by atoms with E-state index in [2.05, 4.69) is 41.1 Å². The molecule has 1 aliphatic heterocycles. The first-order chi connectivity index (χ1) is 9.79. The lowest BCUT2D eigenvalue weighted by Gasteiger charge is -2.34. The highest BCUT2D eigenvalue weighted by molar-refractivity contribution is 5.49. The molecule has 20 heavy (non-hydrogen) atoms. The third-order valence-corrected chi connectivity index (χ3v) is 3.02. The smallest absolute Gasteiger partial charge is 0.119 e. The van der Waals surface area contributed by atoms with Crippen LogP contribution in [0.25, 0.3) is 0 Å². The molecule has 0 bridgehead atoms. The maximum atomic E-state index is 5.44. The first kappa shape index (κ1) is 18.8. The SMILES string of the molecule is CC.CC.CCOc1ccc(N2CCN(C)CC2)cc1. The number of benzene rings is 1. The van der Waals surface area contributed by atoms with Crippen molar-refractivity contribution in [3.8, 4) is 5.75 Å². The van der Waals surface area contributed by atoms with Crippen molar-refractivity contribution in [2.24, 2.45) is 0 Å². The number of nitrogens with zero attached hydrogens (tertiary/aromatic N) is 2. The lowest BCUT2D eigenvalue weighted by atomic mass is 10.2. The Morgan fingerprint density at radius 1 is 0.900 bits per heavy atom. The number of anilines is 1. The summed E-state index contributed by atoms with van der Waals surface area (Å²) < 4.78 is 5.44. The van der Waals surface area contributed by atoms with Crippen LogP contribution in [-0.4, -0.2) is 44.7 Å². The van der Waals surface area contributed by atoms with Crippen LogP contribution >= 0.6 is 0 Å². The van der Waals surface area contributed by atoms with Gasteiger partial charge in [-0.05, 0) is 38.2 Å². The van der Waals surface area contributed by atoms with E-state index >= 15 is 0 Å². The predicted molar refractivity (Wildman–Crippen MR) is 90.0 cm³/mol. The van der Waals surface area contributed by atoms with E-state index in [1.54, 1.807) is 0 Å². The molecule has 0 N–H and O–H groups in total. The Morgan fingerprint density at radius 3 is 1.85 bits per heavy atom. The van der Waals surface area contributed by atoms with E-state index < -0.39 is 0 Å². The fourth-order valence-electron chi connectivity index (χ4n) is 1.98. The number of ether oxygens (including phenoxy) is 1. The van der Waals surface area contributed by atoms with Gasteiger partial charge in [0.05, 0.1) is 6.61 Å². The normalized spacial score (nSPS) is 14.6. The zero-order valence-electron chi connectivity index (χ0n) is 14.1. The molecule has 1 heterocycles. The van der Waals surface area contributed by atoms with Crippen molar-refractivity contribution >= 4 is 5.69 Å². The molecular weight excluding hydrogens is 248 g/mol. The van der Waals surface area contributed by atoms with Gasteiger partial charge in [-0.25, -0.2) is 0 Å². The van der Waals surface area contributed by atoms with Crippen LogP contribution in [-0.2, 0) is 0 Å². The maximum Gasteiger partial charge on any atom is 0.119 e. The predicted octanol–water partition coefficient (Wildman–Crippen LogP) is 3.89. The van der Waals surface area contributed by atoms with Crippen LogP contribution in [0.2, 0.25) is 0 Å². The van der Waals surface area contributed by atoms with Gasteiger partial charge >= 0.3 is 0 Å². The molecule has 1 aliphatic rings. The standard InChI is InChI=1S/C13H20N2O.2C2H6/c1-3-16-13-6-4-12(5-7-13)15-10-8-14(2)9-11-15;2*1-2/h4-7H,3,8-11H2,1-2H3;2*1-2H3. The molecule has 1 aromatic carbocycles. The van der Waals surface area contributed by atoms with Gasteiger partial charge in [-0.2, -0.15) is 0 Å². The molecule has 1 aromatic rings. The van der Waals surface area contributed by atoms with Gasteiger partial charge in [0, 0.05) is 31.9 Å². The Labute approximate surface area is 125 Å². The van der Waals surface area contributed by atoms with Crippen LogP contribution < -0.4 is 9.64 Å². The van der Waals surface area contributed by atoms with Crippen LogP contribution in [0.15, 0.2) is 24.3 Å². The molecule has 3 nitrogen and oxygen atoms in total. The lowest BCUT2D eigenvalue weighted by Crippen LogP contribution is -2.44. The first-order valence-electron chi connectivity index (χ1n) is 7.96. The number of piperazine rings is 1. The van der Waals surface area contributed by atoms with E-state index in [1.807, 2.05) is 34.6 Å². The van der Waals surface area contributed by atoms with E-state index in [1.165, 1.54) is 5.69 Å². The minimum absolute atomic E-state index is 0.730. The van der Waals surface area contributed by atoms with Gasteiger partial charge in [0.25, 0.3) is 0 Å². The largest absolute Gasteiger partial charge is 0.494 e. The summed E-state index contributed by atoms with van der Waals surface area (Å²) in [7, 11) is 2.18. The maximum absolute atomic E-state index is 5.44. The van der Waals surface area contributed by atoms with E-state index in [4.69, 9.17) is 4.74 Å². The second-order valence-corrected chi connectivity index (χ2v) is 4.22. The molecule has 0 aromatic heterocycles. The summed E-state index contributed by atoms with van der Waals surface area (Å²) in [4.78, 5) is 4.79. The second kappa shape index (κ2) is 11.6. The Hall–Kier alpha value is -1.22. The van der Waals surface area contributed by atoms with Gasteiger partial charge in [0.1, 0.15) is 5.75 Å². The lowest BCUT2D eigenvalue weighted by molar-refractivity contribution is 0.312. The fraction of sp³-hybridized carbons (Fsp3) is 0.647. The van der Waals surface area contributed by atoms with E-state index in [0.29, 0.717) is 0 Å². The fourth-order valence-corrected chi connectivity index (χ4v) is 1.98. The molecule has 1 saturated heterocycles. The highest BCUT2D eigenvalue weighted by Gasteiger charge is 2.13. The van der Waals surface area contributed by atoms with Crippen LogP contribution in [0.5, 0.6) is 5.75 Å². The zero-order valence-corrected chi connectivity index (χ0v) is 14.1. The quantitative estimate of drug-likeness (QED) is 0.835. The molecule has 0 spiro atoms. The molecule has 0 atom stereocenters. The minimum atomic E-state index is 0.730. The van der Waals surface area contributed by atoms with Gasteiger partial charge in [-0.3, -0.25) is 0 Å². The summed E-state index contributed by atoms with van der Waals surface area (Å²) in [6.45, 7) is 15.3. The Bertz CT molecular complexity index is 316.